The Morgan fingerprint density at radius 1 is 0.492 bits per heavy atom. The largest absolute Gasteiger partial charge is 0.480 e. The summed E-state index contributed by atoms with van der Waals surface area (Å²) in [4.78, 5) is 46.1. The maximum atomic E-state index is 12.7. The molecule has 0 saturated heterocycles. The third kappa shape index (κ3) is 44.6. The van der Waals surface area contributed by atoms with Crippen LogP contribution < -0.4 is 5.73 Å². The molecule has 1 unspecified atom stereocenters. The number of rotatable bonds is 48. The number of ether oxygens (including phenoxy) is 2. The van der Waals surface area contributed by atoms with Gasteiger partial charge in [-0.25, -0.2) is 4.57 Å². The van der Waals surface area contributed by atoms with Gasteiger partial charge >= 0.3 is 25.7 Å². The van der Waals surface area contributed by atoms with E-state index >= 15 is 0 Å². The van der Waals surface area contributed by atoms with Crippen molar-refractivity contribution in [1.29, 1.82) is 0 Å². The van der Waals surface area contributed by atoms with Gasteiger partial charge in [-0.15, -0.1) is 0 Å². The Morgan fingerprint density at radius 2 is 0.820 bits per heavy atom. The second kappa shape index (κ2) is 44.8. The molecule has 0 aliphatic heterocycles. The Kier molecular flexibility index (Phi) is 43.5. The number of hydrogen-bond acceptors (Lipinski definition) is 9. The molecular weight excluding hydrogens is 794 g/mol. The SMILES string of the molecule is CCCCCC/C=C/CCCCCCCCCC(=O)OC[C@@H](COP(=O)(O)OC[C@H](N)C(=O)O)OC(=O)CCCCCCCCCCCCCCCCCCCCCCCC. The molecule has 0 aromatic heterocycles. The van der Waals surface area contributed by atoms with Gasteiger partial charge in [-0.1, -0.05) is 212 Å². The molecule has 0 aliphatic carbocycles. The van der Waals surface area contributed by atoms with E-state index in [1.165, 1.54) is 167 Å². The number of nitrogens with two attached hydrogens (primary N) is 1. The molecule has 3 atom stereocenters. The van der Waals surface area contributed by atoms with E-state index in [-0.39, 0.29) is 19.4 Å². The van der Waals surface area contributed by atoms with Crippen molar-refractivity contribution in [3.8, 4) is 0 Å². The summed E-state index contributed by atoms with van der Waals surface area (Å²) in [6.45, 7) is 2.83. The lowest BCUT2D eigenvalue weighted by atomic mass is 10.0. The molecule has 11 nitrogen and oxygen atoms in total. The fourth-order valence-corrected chi connectivity index (χ4v) is 8.08. The van der Waals surface area contributed by atoms with Gasteiger partial charge in [0.25, 0.3) is 0 Å². The van der Waals surface area contributed by atoms with E-state index < -0.39 is 51.1 Å². The van der Waals surface area contributed by atoms with Crippen LogP contribution >= 0.6 is 7.82 Å². The number of hydrogen-bond donors (Lipinski definition) is 3. The number of phosphoric ester groups is 1. The van der Waals surface area contributed by atoms with Crippen molar-refractivity contribution in [1.82, 2.24) is 0 Å². The number of carbonyl (C=O) groups is 3. The van der Waals surface area contributed by atoms with Gasteiger partial charge < -0.3 is 25.2 Å². The zero-order valence-electron chi connectivity index (χ0n) is 39.3. The quantitative estimate of drug-likeness (QED) is 0.0230. The molecule has 0 fully saturated rings. The maximum absolute atomic E-state index is 12.7. The molecule has 0 aromatic rings. The zero-order valence-corrected chi connectivity index (χ0v) is 40.2. The summed E-state index contributed by atoms with van der Waals surface area (Å²) in [5.74, 6) is -2.36. The summed E-state index contributed by atoms with van der Waals surface area (Å²) in [5.41, 5.74) is 5.35. The van der Waals surface area contributed by atoms with Crippen LogP contribution in [0.25, 0.3) is 0 Å². The van der Waals surface area contributed by atoms with E-state index in [1.54, 1.807) is 0 Å². The van der Waals surface area contributed by atoms with Crippen LogP contribution in [0.4, 0.5) is 0 Å². The fourth-order valence-electron chi connectivity index (χ4n) is 7.30. The number of unbranched alkanes of at least 4 members (excludes halogenated alkanes) is 32. The summed E-state index contributed by atoms with van der Waals surface area (Å²) >= 11 is 0. The molecular formula is C49H94NO10P. The third-order valence-corrected chi connectivity index (χ3v) is 12.2. The van der Waals surface area contributed by atoms with E-state index in [0.717, 1.165) is 44.9 Å². The van der Waals surface area contributed by atoms with Crippen LogP contribution in [0.1, 0.15) is 251 Å². The molecule has 0 bridgehead atoms. The minimum atomic E-state index is -4.72. The van der Waals surface area contributed by atoms with E-state index in [0.29, 0.717) is 12.8 Å². The van der Waals surface area contributed by atoms with Crippen LogP contribution in [0.15, 0.2) is 12.2 Å². The smallest absolute Gasteiger partial charge is 0.472 e. The first kappa shape index (κ1) is 59.2. The van der Waals surface area contributed by atoms with Gasteiger partial charge in [0.1, 0.15) is 12.6 Å². The molecule has 61 heavy (non-hydrogen) atoms. The standard InChI is InChI=1S/C49H94NO10P/c1-3-5-7-9-11-13-15-17-19-20-21-22-23-24-25-27-29-31-33-35-37-39-41-48(52)60-45(43-58-61(55,56)59-44-46(50)49(53)54)42-57-47(51)40-38-36-34-32-30-28-26-18-16-14-12-10-8-6-4-2/h14,16,45-46H,3-13,15,17-44,50H2,1-2H3,(H,53,54)(H,55,56)/b16-14+/t45-,46-/m0/s1. The summed E-state index contributed by atoms with van der Waals surface area (Å²) in [7, 11) is -4.72. The summed E-state index contributed by atoms with van der Waals surface area (Å²) < 4.78 is 32.8. The van der Waals surface area contributed by atoms with E-state index in [9.17, 15) is 23.8 Å². The number of aliphatic carboxylic acids is 1. The highest BCUT2D eigenvalue weighted by molar-refractivity contribution is 7.47. The fraction of sp³-hybridized carbons (Fsp3) is 0.898. The van der Waals surface area contributed by atoms with Crippen LogP contribution in [0.5, 0.6) is 0 Å². The molecule has 360 valence electrons. The Morgan fingerprint density at radius 3 is 1.21 bits per heavy atom. The highest BCUT2D eigenvalue weighted by Gasteiger charge is 2.28. The van der Waals surface area contributed by atoms with Crippen LogP contribution in [-0.4, -0.2) is 59.9 Å². The van der Waals surface area contributed by atoms with Gasteiger partial charge in [-0.3, -0.25) is 23.4 Å². The lowest BCUT2D eigenvalue weighted by molar-refractivity contribution is -0.161. The van der Waals surface area contributed by atoms with Crippen LogP contribution in [-0.2, 0) is 37.5 Å². The Bertz CT molecular complexity index is 1090. The van der Waals surface area contributed by atoms with Gasteiger partial charge in [0.2, 0.25) is 0 Å². The first-order chi connectivity index (χ1) is 29.6. The van der Waals surface area contributed by atoms with Gasteiger partial charge in [0, 0.05) is 12.8 Å². The molecule has 0 spiro atoms. The van der Waals surface area contributed by atoms with Crippen molar-refractivity contribution < 1.29 is 47.5 Å². The predicted molar refractivity (Wildman–Crippen MR) is 249 cm³/mol. The van der Waals surface area contributed by atoms with E-state index in [4.69, 9.17) is 24.8 Å². The summed E-state index contributed by atoms with van der Waals surface area (Å²) in [6, 6.07) is -1.52. The van der Waals surface area contributed by atoms with E-state index in [2.05, 4.69) is 30.5 Å². The van der Waals surface area contributed by atoms with E-state index in [1.807, 2.05) is 0 Å². The first-order valence-corrected chi connectivity index (χ1v) is 26.7. The zero-order chi connectivity index (χ0) is 44.9. The van der Waals surface area contributed by atoms with Crippen molar-refractivity contribution in [3.63, 3.8) is 0 Å². The van der Waals surface area contributed by atoms with Crippen molar-refractivity contribution >= 4 is 25.7 Å². The predicted octanol–water partition coefficient (Wildman–Crippen LogP) is 14.0. The van der Waals surface area contributed by atoms with Crippen molar-refractivity contribution in [3.05, 3.63) is 12.2 Å². The topological polar surface area (TPSA) is 172 Å². The minimum Gasteiger partial charge on any atom is -0.480 e. The molecule has 0 heterocycles. The normalized spacial score (nSPS) is 13.6. The summed E-state index contributed by atoms with van der Waals surface area (Å²) in [5, 5.41) is 8.91. The van der Waals surface area contributed by atoms with Crippen LogP contribution in [0.2, 0.25) is 0 Å². The van der Waals surface area contributed by atoms with Crippen molar-refractivity contribution in [2.75, 3.05) is 19.8 Å². The highest BCUT2D eigenvalue weighted by Crippen LogP contribution is 2.43. The van der Waals surface area contributed by atoms with Gasteiger partial charge in [0.15, 0.2) is 6.10 Å². The second-order valence-electron chi connectivity index (χ2n) is 17.3. The lowest BCUT2D eigenvalue weighted by Crippen LogP contribution is -2.34. The van der Waals surface area contributed by atoms with Crippen LogP contribution in [0, 0.1) is 0 Å². The Labute approximate surface area is 373 Å². The van der Waals surface area contributed by atoms with Gasteiger partial charge in [0.05, 0.1) is 13.2 Å². The molecule has 0 rings (SSSR count). The Hall–Kier alpha value is -1.78. The van der Waals surface area contributed by atoms with Crippen molar-refractivity contribution in [2.24, 2.45) is 5.73 Å². The first-order valence-electron chi connectivity index (χ1n) is 25.2. The van der Waals surface area contributed by atoms with Gasteiger partial charge in [-0.05, 0) is 38.5 Å². The average molecular weight is 888 g/mol. The summed E-state index contributed by atoms with van der Waals surface area (Å²) in [6.07, 6.45) is 47.0. The number of carboxylic acid groups (broad SMARTS) is 1. The number of allylic oxidation sites excluding steroid dienone is 2. The second-order valence-corrected chi connectivity index (χ2v) is 18.8. The molecule has 0 aliphatic rings. The number of carboxylic acids is 1. The molecule has 0 aromatic carbocycles. The molecule has 0 saturated carbocycles. The Balaban J connectivity index is 4.20. The van der Waals surface area contributed by atoms with Crippen LogP contribution in [0.3, 0.4) is 0 Å². The molecule has 0 radical (unpaired) electrons. The average Bonchev–Trinajstić information content (AvgIpc) is 3.24. The van der Waals surface area contributed by atoms with Crippen molar-refractivity contribution in [2.45, 2.75) is 264 Å². The third-order valence-electron chi connectivity index (χ3n) is 11.3. The highest BCUT2D eigenvalue weighted by atomic mass is 31.2. The lowest BCUT2D eigenvalue weighted by Gasteiger charge is -2.20. The number of carbonyl (C=O) groups excluding carboxylic acids is 2. The monoisotopic (exact) mass is 888 g/mol. The molecule has 12 heteroatoms. The number of esters is 2. The minimum absolute atomic E-state index is 0.167. The molecule has 4 N–H and O–H groups in total. The maximum Gasteiger partial charge on any atom is 0.472 e. The molecule has 0 amide bonds. The van der Waals surface area contributed by atoms with Gasteiger partial charge in [-0.2, -0.15) is 0 Å². The number of phosphoric acid groups is 1.